The molecule has 3 aromatic carbocycles. The Bertz CT molecular complexity index is 1120. The van der Waals surface area contributed by atoms with Crippen molar-refractivity contribution in [3.05, 3.63) is 88.4 Å². The number of anilines is 1. The molecule has 0 saturated carbocycles. The molecule has 0 aliphatic carbocycles. The van der Waals surface area contributed by atoms with Crippen LogP contribution in [0.5, 0.6) is 11.5 Å². The van der Waals surface area contributed by atoms with Crippen LogP contribution in [0, 0.1) is 0 Å². The number of methoxy groups -OCH3 is 1. The van der Waals surface area contributed by atoms with Crippen LogP contribution in [0.4, 0.5) is 10.5 Å². The summed E-state index contributed by atoms with van der Waals surface area (Å²) in [4.78, 5) is 17.5. The third kappa shape index (κ3) is 8.49. The summed E-state index contributed by atoms with van der Waals surface area (Å²) in [6.07, 6.45) is 0.878. The summed E-state index contributed by atoms with van der Waals surface area (Å²) in [6, 6.07) is 23.3. The maximum absolute atomic E-state index is 13.3. The first kappa shape index (κ1) is 27.0. The van der Waals surface area contributed by atoms with Crippen molar-refractivity contribution in [2.75, 3.05) is 51.8 Å². The van der Waals surface area contributed by atoms with Gasteiger partial charge in [0.15, 0.2) is 11.5 Å². The summed E-state index contributed by atoms with van der Waals surface area (Å²) < 4.78 is 18.0. The van der Waals surface area contributed by atoms with Crippen LogP contribution in [-0.4, -0.2) is 62.3 Å². The highest BCUT2D eigenvalue weighted by Crippen LogP contribution is 2.29. The number of amides is 2. The summed E-state index contributed by atoms with van der Waals surface area (Å²) in [5.41, 5.74) is 2.82. The second-order valence-electron chi connectivity index (χ2n) is 8.93. The first-order valence-electron chi connectivity index (χ1n) is 12.6. The lowest BCUT2D eigenvalue weighted by Crippen LogP contribution is -2.40. The minimum Gasteiger partial charge on any atom is -0.493 e. The van der Waals surface area contributed by atoms with E-state index in [0.29, 0.717) is 31.2 Å². The highest BCUT2D eigenvalue weighted by Gasteiger charge is 2.17. The predicted octanol–water partition coefficient (Wildman–Crippen LogP) is 5.79. The molecule has 0 bridgehead atoms. The zero-order chi connectivity index (χ0) is 25.9. The van der Waals surface area contributed by atoms with Crippen LogP contribution in [-0.2, 0) is 17.9 Å². The second-order valence-corrected chi connectivity index (χ2v) is 9.84. The molecule has 3 aromatic rings. The summed E-state index contributed by atoms with van der Waals surface area (Å²) in [5, 5.41) is 3.03. The van der Waals surface area contributed by atoms with Crippen molar-refractivity contribution in [2.24, 2.45) is 0 Å². The average molecular weight is 569 g/mol. The standard InChI is InChI=1S/C29H34BrN3O4/c1-35-28-20-24(8-13-27(28)37-22-23-6-3-2-4-7-23)21-33(15-5-14-32-16-18-36-19-17-32)29(34)31-26-11-9-25(30)10-12-26/h2-4,6-13,20H,5,14-19,21-22H2,1H3,(H,31,34). The number of nitrogens with one attached hydrogen (secondary N) is 1. The fourth-order valence-electron chi connectivity index (χ4n) is 4.18. The molecule has 1 saturated heterocycles. The van der Waals surface area contributed by atoms with Crippen LogP contribution in [0.3, 0.4) is 0 Å². The fraction of sp³-hybridized carbons (Fsp3) is 0.345. The van der Waals surface area contributed by atoms with E-state index >= 15 is 0 Å². The summed E-state index contributed by atoms with van der Waals surface area (Å²) in [6.45, 7) is 5.90. The lowest BCUT2D eigenvalue weighted by Gasteiger charge is -2.28. The Morgan fingerprint density at radius 2 is 1.76 bits per heavy atom. The number of ether oxygens (including phenoxy) is 3. The van der Waals surface area contributed by atoms with Crippen molar-refractivity contribution in [3.8, 4) is 11.5 Å². The van der Waals surface area contributed by atoms with Gasteiger partial charge in [-0.2, -0.15) is 0 Å². The highest BCUT2D eigenvalue weighted by atomic mass is 79.9. The number of urea groups is 1. The van der Waals surface area contributed by atoms with Crippen molar-refractivity contribution in [1.29, 1.82) is 0 Å². The van der Waals surface area contributed by atoms with Gasteiger partial charge in [-0.25, -0.2) is 4.79 Å². The first-order chi connectivity index (χ1) is 18.1. The number of carbonyl (C=O) groups is 1. The van der Waals surface area contributed by atoms with Crippen molar-refractivity contribution in [3.63, 3.8) is 0 Å². The molecule has 2 amide bonds. The van der Waals surface area contributed by atoms with E-state index in [2.05, 4.69) is 26.1 Å². The molecule has 4 rings (SSSR count). The zero-order valence-electron chi connectivity index (χ0n) is 21.2. The SMILES string of the molecule is COc1cc(CN(CCCN2CCOCC2)C(=O)Nc2ccc(Br)cc2)ccc1OCc1ccccc1. The molecule has 8 heteroatoms. The lowest BCUT2D eigenvalue weighted by atomic mass is 10.1. The Hall–Kier alpha value is -3.07. The molecule has 1 heterocycles. The largest absolute Gasteiger partial charge is 0.493 e. The molecular formula is C29H34BrN3O4. The van der Waals surface area contributed by atoms with E-state index in [4.69, 9.17) is 14.2 Å². The van der Waals surface area contributed by atoms with E-state index in [1.165, 1.54) is 0 Å². The minimum absolute atomic E-state index is 0.132. The Morgan fingerprint density at radius 1 is 1.00 bits per heavy atom. The predicted molar refractivity (Wildman–Crippen MR) is 149 cm³/mol. The van der Waals surface area contributed by atoms with E-state index in [9.17, 15) is 4.79 Å². The van der Waals surface area contributed by atoms with Crippen molar-refractivity contribution >= 4 is 27.6 Å². The first-order valence-corrected chi connectivity index (χ1v) is 13.4. The highest BCUT2D eigenvalue weighted by molar-refractivity contribution is 9.10. The second kappa shape index (κ2) is 14.0. The molecule has 1 fully saturated rings. The van der Waals surface area contributed by atoms with E-state index in [1.807, 2.05) is 77.7 Å². The van der Waals surface area contributed by atoms with Gasteiger partial charge < -0.3 is 24.4 Å². The quantitative estimate of drug-likeness (QED) is 0.317. The van der Waals surface area contributed by atoms with Crippen molar-refractivity contribution in [1.82, 2.24) is 9.80 Å². The Kier molecular flexibility index (Phi) is 10.2. The van der Waals surface area contributed by atoms with Gasteiger partial charge in [-0.05, 0) is 53.9 Å². The smallest absolute Gasteiger partial charge is 0.322 e. The Labute approximate surface area is 227 Å². The molecule has 0 atom stereocenters. The van der Waals surface area contributed by atoms with Crippen molar-refractivity contribution < 1.29 is 19.0 Å². The number of hydrogen-bond donors (Lipinski definition) is 1. The van der Waals surface area contributed by atoms with Crippen LogP contribution in [0.1, 0.15) is 17.5 Å². The van der Waals surface area contributed by atoms with E-state index in [1.54, 1.807) is 7.11 Å². The van der Waals surface area contributed by atoms with Gasteiger partial charge in [-0.1, -0.05) is 52.3 Å². The van der Waals surface area contributed by atoms with Gasteiger partial charge in [0.1, 0.15) is 6.61 Å². The van der Waals surface area contributed by atoms with Crippen LogP contribution in [0.2, 0.25) is 0 Å². The van der Waals surface area contributed by atoms with E-state index in [0.717, 1.165) is 60.6 Å². The zero-order valence-corrected chi connectivity index (χ0v) is 22.8. The van der Waals surface area contributed by atoms with Gasteiger partial charge in [-0.15, -0.1) is 0 Å². The molecule has 196 valence electrons. The number of halogens is 1. The molecule has 1 N–H and O–H groups in total. The van der Waals surface area contributed by atoms with E-state index in [-0.39, 0.29) is 6.03 Å². The maximum Gasteiger partial charge on any atom is 0.322 e. The topological polar surface area (TPSA) is 63.3 Å². The van der Waals surface area contributed by atoms with Gasteiger partial charge in [0, 0.05) is 42.9 Å². The molecule has 0 unspecified atom stereocenters. The molecule has 7 nitrogen and oxygen atoms in total. The van der Waals surface area contributed by atoms with Crippen LogP contribution in [0.15, 0.2) is 77.3 Å². The number of hydrogen-bond acceptors (Lipinski definition) is 5. The number of benzene rings is 3. The normalized spacial score (nSPS) is 13.7. The van der Waals surface area contributed by atoms with Gasteiger partial charge in [0.25, 0.3) is 0 Å². The van der Waals surface area contributed by atoms with Gasteiger partial charge >= 0.3 is 6.03 Å². The molecule has 1 aliphatic rings. The summed E-state index contributed by atoms with van der Waals surface area (Å²) >= 11 is 3.44. The average Bonchev–Trinajstić information content (AvgIpc) is 2.94. The Morgan fingerprint density at radius 3 is 2.49 bits per heavy atom. The third-order valence-electron chi connectivity index (χ3n) is 6.23. The van der Waals surface area contributed by atoms with Gasteiger partial charge in [0.05, 0.1) is 20.3 Å². The number of carbonyl (C=O) groups excluding carboxylic acids is 1. The fourth-order valence-corrected chi connectivity index (χ4v) is 4.45. The molecule has 0 aromatic heterocycles. The van der Waals surface area contributed by atoms with Crippen LogP contribution < -0.4 is 14.8 Å². The Balaban J connectivity index is 1.42. The molecule has 1 aliphatic heterocycles. The third-order valence-corrected chi connectivity index (χ3v) is 6.76. The van der Waals surface area contributed by atoms with Crippen molar-refractivity contribution in [2.45, 2.75) is 19.6 Å². The molecular weight excluding hydrogens is 534 g/mol. The maximum atomic E-state index is 13.3. The number of rotatable bonds is 11. The number of morpholine rings is 1. The summed E-state index contributed by atoms with van der Waals surface area (Å²) in [7, 11) is 1.63. The van der Waals surface area contributed by atoms with Gasteiger partial charge in [0.2, 0.25) is 0 Å². The van der Waals surface area contributed by atoms with E-state index < -0.39 is 0 Å². The lowest BCUT2D eigenvalue weighted by molar-refractivity contribution is 0.0365. The van der Waals surface area contributed by atoms with Crippen LogP contribution in [0.25, 0.3) is 0 Å². The van der Waals surface area contributed by atoms with Crippen LogP contribution >= 0.6 is 15.9 Å². The molecule has 0 spiro atoms. The minimum atomic E-state index is -0.132. The summed E-state index contributed by atoms with van der Waals surface area (Å²) in [5.74, 6) is 1.32. The van der Waals surface area contributed by atoms with Gasteiger partial charge in [-0.3, -0.25) is 4.90 Å². The molecule has 0 radical (unpaired) electrons. The molecule has 37 heavy (non-hydrogen) atoms. The number of nitrogens with zero attached hydrogens (tertiary/aromatic N) is 2. The monoisotopic (exact) mass is 567 g/mol.